The van der Waals surface area contributed by atoms with Crippen molar-refractivity contribution < 1.29 is 0 Å². The van der Waals surface area contributed by atoms with Crippen LogP contribution in [-0.2, 0) is 0 Å². The van der Waals surface area contributed by atoms with Gasteiger partial charge in [0, 0.05) is 127 Å². The monoisotopic (exact) mass is 1340 g/mol. The van der Waals surface area contributed by atoms with Gasteiger partial charge in [0.25, 0.3) is 0 Å². The molecule has 0 saturated carbocycles. The number of aryl methyl sites for hydroxylation is 9. The molecule has 0 aliphatic rings. The fraction of sp³-hybridized carbons (Fsp3) is 0.0989. The van der Waals surface area contributed by atoms with Crippen LogP contribution in [0.4, 0.5) is 0 Å². The highest BCUT2D eigenvalue weighted by atomic mass is 14.9. The first-order valence-electron chi connectivity index (χ1n) is 34.1. The molecule has 0 aliphatic carbocycles. The van der Waals surface area contributed by atoms with E-state index in [1.807, 2.05) is 217 Å². The zero-order valence-corrected chi connectivity index (χ0v) is 59.5. The maximum absolute atomic E-state index is 4.54. The van der Waals surface area contributed by atoms with Crippen molar-refractivity contribution in [2.24, 2.45) is 0 Å². The van der Waals surface area contributed by atoms with Gasteiger partial charge >= 0.3 is 0 Å². The van der Waals surface area contributed by atoms with Crippen molar-refractivity contribution in [2.45, 2.75) is 62.3 Å². The van der Waals surface area contributed by atoms with E-state index in [1.54, 1.807) is 6.33 Å². The number of aromatic nitrogens is 12. The molecule has 10 heterocycles. The number of rotatable bonds is 0. The molecule has 0 radical (unpaired) electrons. The SMILES string of the molecule is Cc1ccc2ccc3cccnc3c2n1.Cc1ccc2ccccc2n1.Cc1ccc2cccnc2c1.Cc1ccc2ccncc2c1.Cc1ccc2cnccc2c1.Cc1ccc2ncccc2c1.Cc1cnc2ccccc2c1.Cc1ncc2ccccc2n1.Cc1ncnc2ccccc12. The van der Waals surface area contributed by atoms with E-state index in [0.717, 1.165) is 88.6 Å². The van der Waals surface area contributed by atoms with Crippen molar-refractivity contribution >= 4 is 109 Å². The van der Waals surface area contributed by atoms with Gasteiger partial charge in [-0.15, -0.1) is 0 Å². The van der Waals surface area contributed by atoms with Gasteiger partial charge in [-0.1, -0.05) is 180 Å². The average molecular weight is 1340 g/mol. The minimum Gasteiger partial charge on any atom is -0.264 e. The quantitative estimate of drug-likeness (QED) is 0.133. The van der Waals surface area contributed by atoms with Gasteiger partial charge in [0.15, 0.2) is 0 Å². The summed E-state index contributed by atoms with van der Waals surface area (Å²) in [6.07, 6.45) is 18.2. The molecule has 0 aliphatic heterocycles. The fourth-order valence-corrected chi connectivity index (χ4v) is 11.2. The Labute approximate surface area is 601 Å². The standard InChI is InChI=1S/C13H10N2.6C10H9N.2C9H8N2/c1-9-4-5-11-7-6-10-3-2-8-14-12(10)13(11)15-9;1-8-2-3-10-7-11-5-4-9(10)6-8;1-8-2-3-9-4-5-11-7-10(9)6-8;1-8-4-5-10-9(7-8)3-2-6-11-10;1-8-4-5-9-3-2-6-11-10(9)7-8;1-8-6-9-4-2-3-5-10(9)11-7-8;1-8-6-7-9-4-2-3-5-10(9)11-8;1-7-8-4-2-3-5-9(8)11-6-10-7;1-7-10-6-8-4-2-3-5-9(8)11-7/h2-8H,1H3;6*2-7H,1H3;2*2-6H,1H3. The van der Waals surface area contributed by atoms with Crippen LogP contribution in [-0.4, -0.2) is 59.8 Å². The molecule has 10 aromatic heterocycles. The van der Waals surface area contributed by atoms with Gasteiger partial charge in [-0.05, 0) is 181 Å². The highest BCUT2D eigenvalue weighted by Crippen LogP contribution is 2.23. The van der Waals surface area contributed by atoms with Crippen molar-refractivity contribution in [3.63, 3.8) is 0 Å². The van der Waals surface area contributed by atoms with E-state index in [4.69, 9.17) is 0 Å². The second kappa shape index (κ2) is 35.6. The first-order valence-corrected chi connectivity index (χ1v) is 34.1. The summed E-state index contributed by atoms with van der Waals surface area (Å²) in [6, 6.07) is 88.2. The first kappa shape index (κ1) is 71.2. The average Bonchev–Trinajstić information content (AvgIpc) is 0.801. The van der Waals surface area contributed by atoms with E-state index in [2.05, 4.69) is 222 Å². The van der Waals surface area contributed by atoms with Crippen molar-refractivity contribution in [3.8, 4) is 0 Å². The lowest BCUT2D eigenvalue weighted by molar-refractivity contribution is 1.09. The summed E-state index contributed by atoms with van der Waals surface area (Å²) in [7, 11) is 0. The smallest absolute Gasteiger partial charge is 0.125 e. The van der Waals surface area contributed by atoms with Crippen LogP contribution in [0.25, 0.3) is 109 Å². The number of fused-ring (bicyclic) bond motifs is 11. The minimum absolute atomic E-state index is 0.823. The Morgan fingerprint density at radius 2 is 0.680 bits per heavy atom. The van der Waals surface area contributed by atoms with Gasteiger partial charge in [-0.2, -0.15) is 0 Å². The molecule has 103 heavy (non-hydrogen) atoms. The van der Waals surface area contributed by atoms with Crippen LogP contribution in [0, 0.1) is 62.3 Å². The lowest BCUT2D eigenvalue weighted by Crippen LogP contribution is -1.86. The maximum atomic E-state index is 4.54. The molecular weight excluding hydrogens is 1260 g/mol. The molecule has 0 saturated heterocycles. The third-order valence-electron chi connectivity index (χ3n) is 16.5. The van der Waals surface area contributed by atoms with E-state index in [0.29, 0.717) is 0 Å². The van der Waals surface area contributed by atoms with Gasteiger partial charge in [-0.3, -0.25) is 39.9 Å². The predicted octanol–water partition coefficient (Wildman–Crippen LogP) is 22.2. The van der Waals surface area contributed by atoms with Crippen LogP contribution in [0.1, 0.15) is 50.7 Å². The molecular formula is C91H80N12. The molecule has 0 amide bonds. The molecule has 504 valence electrons. The van der Waals surface area contributed by atoms with Gasteiger partial charge in [0.2, 0.25) is 0 Å². The largest absolute Gasteiger partial charge is 0.264 e. The van der Waals surface area contributed by atoms with Crippen molar-refractivity contribution in [3.05, 3.63) is 374 Å². The minimum atomic E-state index is 0.823. The van der Waals surface area contributed by atoms with Gasteiger partial charge in [0.1, 0.15) is 12.2 Å². The summed E-state index contributed by atoms with van der Waals surface area (Å²) in [5, 5.41) is 14.3. The van der Waals surface area contributed by atoms with Gasteiger partial charge < -0.3 is 0 Å². The number of hydrogen-bond donors (Lipinski definition) is 0. The molecule has 0 N–H and O–H groups in total. The summed E-state index contributed by atoms with van der Waals surface area (Å²) in [5.41, 5.74) is 17.8. The van der Waals surface area contributed by atoms with Crippen LogP contribution < -0.4 is 0 Å². The Morgan fingerprint density at radius 3 is 1.41 bits per heavy atom. The Kier molecular flexibility index (Phi) is 24.6. The summed E-state index contributed by atoms with van der Waals surface area (Å²) in [6.45, 7) is 18.3. The molecule has 19 aromatic rings. The lowest BCUT2D eigenvalue weighted by Gasteiger charge is -2.02. The summed E-state index contributed by atoms with van der Waals surface area (Å²) < 4.78 is 0. The van der Waals surface area contributed by atoms with E-state index < -0.39 is 0 Å². The van der Waals surface area contributed by atoms with Crippen LogP contribution in [0.2, 0.25) is 0 Å². The molecule has 0 bridgehead atoms. The van der Waals surface area contributed by atoms with E-state index in [1.165, 1.54) is 70.9 Å². The molecule has 9 aromatic carbocycles. The molecule has 0 fully saturated rings. The number of benzene rings is 9. The Morgan fingerprint density at radius 1 is 0.214 bits per heavy atom. The van der Waals surface area contributed by atoms with Crippen LogP contribution in [0.15, 0.2) is 323 Å². The number of nitrogens with zero attached hydrogens (tertiary/aromatic N) is 12. The molecule has 19 rings (SSSR count). The Hall–Kier alpha value is -13.1. The predicted molar refractivity (Wildman–Crippen MR) is 429 cm³/mol. The highest BCUT2D eigenvalue weighted by molar-refractivity contribution is 6.02. The zero-order chi connectivity index (χ0) is 71.7. The van der Waals surface area contributed by atoms with Gasteiger partial charge in [-0.25, -0.2) is 19.9 Å². The fourth-order valence-electron chi connectivity index (χ4n) is 11.2. The molecule has 12 heteroatoms. The Bertz CT molecular complexity index is 5230. The van der Waals surface area contributed by atoms with Crippen molar-refractivity contribution in [2.75, 3.05) is 0 Å². The maximum Gasteiger partial charge on any atom is 0.125 e. The summed E-state index contributed by atoms with van der Waals surface area (Å²) in [5.74, 6) is 0.823. The van der Waals surface area contributed by atoms with E-state index >= 15 is 0 Å². The third-order valence-corrected chi connectivity index (χ3v) is 16.5. The molecule has 0 unspecified atom stereocenters. The Balaban J connectivity index is 0.000000116. The third kappa shape index (κ3) is 20.5. The van der Waals surface area contributed by atoms with E-state index in [-0.39, 0.29) is 0 Å². The van der Waals surface area contributed by atoms with Crippen molar-refractivity contribution in [1.82, 2.24) is 59.8 Å². The normalized spacial score (nSPS) is 10.4. The number of para-hydroxylation sites is 4. The highest BCUT2D eigenvalue weighted by Gasteiger charge is 2.03. The molecule has 12 nitrogen and oxygen atoms in total. The van der Waals surface area contributed by atoms with Crippen LogP contribution >= 0.6 is 0 Å². The van der Waals surface area contributed by atoms with Crippen molar-refractivity contribution in [1.29, 1.82) is 0 Å². The topological polar surface area (TPSA) is 155 Å². The van der Waals surface area contributed by atoms with Crippen LogP contribution in [0.5, 0.6) is 0 Å². The van der Waals surface area contributed by atoms with Gasteiger partial charge in [0.05, 0.1) is 44.1 Å². The molecule has 0 spiro atoms. The number of pyridine rings is 8. The molecule has 0 atom stereocenters. The summed E-state index contributed by atoms with van der Waals surface area (Å²) in [4.78, 5) is 50.7. The lowest BCUT2D eigenvalue weighted by atomic mass is 10.1. The summed E-state index contributed by atoms with van der Waals surface area (Å²) >= 11 is 0. The second-order valence-corrected chi connectivity index (χ2v) is 24.8. The number of hydrogen-bond acceptors (Lipinski definition) is 12. The van der Waals surface area contributed by atoms with Crippen LogP contribution in [0.3, 0.4) is 0 Å². The second-order valence-electron chi connectivity index (χ2n) is 24.8. The first-order chi connectivity index (χ1) is 50.2. The zero-order valence-electron chi connectivity index (χ0n) is 59.5. The van der Waals surface area contributed by atoms with E-state index in [9.17, 15) is 0 Å².